The van der Waals surface area contributed by atoms with Gasteiger partial charge in [0.05, 0.1) is 18.8 Å². The summed E-state index contributed by atoms with van der Waals surface area (Å²) in [6.45, 7) is 3.54. The zero-order valence-corrected chi connectivity index (χ0v) is 11.1. The van der Waals surface area contributed by atoms with Crippen molar-refractivity contribution in [2.24, 2.45) is 11.7 Å². The molecular formula is C13H20N4O2. The summed E-state index contributed by atoms with van der Waals surface area (Å²) in [7, 11) is 0. The van der Waals surface area contributed by atoms with Crippen molar-refractivity contribution >= 4 is 5.82 Å². The second kappa shape index (κ2) is 5.30. The number of hydrogen-bond donors (Lipinski definition) is 2. The predicted octanol–water partition coefficient (Wildman–Crippen LogP) is 0.792. The Kier molecular flexibility index (Phi) is 3.52. The third-order valence-electron chi connectivity index (χ3n) is 3.86. The van der Waals surface area contributed by atoms with E-state index in [0.29, 0.717) is 18.4 Å². The van der Waals surface area contributed by atoms with E-state index < -0.39 is 0 Å². The summed E-state index contributed by atoms with van der Waals surface area (Å²) in [5.74, 6) is 1.83. The first-order valence-electron chi connectivity index (χ1n) is 6.88. The highest BCUT2D eigenvalue weighted by Gasteiger charge is 2.52. The number of fused-ring (bicyclic) bond motifs is 1. The summed E-state index contributed by atoms with van der Waals surface area (Å²) in [6.07, 6.45) is 3.76. The highest BCUT2D eigenvalue weighted by atomic mass is 16.5. The molecule has 4 unspecified atom stereocenters. The normalized spacial score (nSPS) is 32.5. The largest absolute Gasteiger partial charge is 0.478 e. The Labute approximate surface area is 112 Å². The topological polar surface area (TPSA) is 82.3 Å². The average Bonchev–Trinajstić information content (AvgIpc) is 2.88. The molecule has 1 aromatic heterocycles. The van der Waals surface area contributed by atoms with Crippen molar-refractivity contribution in [3.05, 3.63) is 12.4 Å². The Balaban J connectivity index is 1.63. The van der Waals surface area contributed by atoms with Gasteiger partial charge in [0.15, 0.2) is 0 Å². The molecule has 1 aliphatic carbocycles. The number of anilines is 1. The smallest absolute Gasteiger partial charge is 0.218 e. The van der Waals surface area contributed by atoms with E-state index in [1.165, 1.54) is 6.33 Å². The van der Waals surface area contributed by atoms with Crippen LogP contribution in [0.25, 0.3) is 0 Å². The molecule has 2 heterocycles. The van der Waals surface area contributed by atoms with E-state index in [0.717, 1.165) is 25.3 Å². The molecule has 6 nitrogen and oxygen atoms in total. The molecule has 0 spiro atoms. The van der Waals surface area contributed by atoms with Gasteiger partial charge >= 0.3 is 0 Å². The lowest BCUT2D eigenvalue weighted by molar-refractivity contribution is 0.00522. The Bertz CT molecular complexity index is 442. The summed E-state index contributed by atoms with van der Waals surface area (Å²) >= 11 is 0. The van der Waals surface area contributed by atoms with E-state index in [1.807, 2.05) is 6.07 Å². The van der Waals surface area contributed by atoms with Gasteiger partial charge in [0.1, 0.15) is 12.1 Å². The van der Waals surface area contributed by atoms with Crippen LogP contribution in [-0.2, 0) is 4.74 Å². The highest BCUT2D eigenvalue weighted by molar-refractivity contribution is 5.40. The van der Waals surface area contributed by atoms with Crippen LogP contribution in [0.1, 0.15) is 19.8 Å². The number of hydrogen-bond acceptors (Lipinski definition) is 6. The van der Waals surface area contributed by atoms with Crippen LogP contribution in [0, 0.1) is 5.92 Å². The fraction of sp³-hybridized carbons (Fsp3) is 0.692. The summed E-state index contributed by atoms with van der Waals surface area (Å²) in [5.41, 5.74) is 6.16. The van der Waals surface area contributed by atoms with Crippen LogP contribution in [0.3, 0.4) is 0 Å². The van der Waals surface area contributed by atoms with Crippen molar-refractivity contribution in [1.82, 2.24) is 9.97 Å². The number of nitrogens with two attached hydrogens (primary N) is 1. The molecule has 2 fully saturated rings. The monoisotopic (exact) mass is 264 g/mol. The zero-order valence-electron chi connectivity index (χ0n) is 11.1. The van der Waals surface area contributed by atoms with E-state index in [9.17, 15) is 0 Å². The minimum atomic E-state index is 0.140. The Morgan fingerprint density at radius 2 is 2.42 bits per heavy atom. The van der Waals surface area contributed by atoms with Gasteiger partial charge < -0.3 is 20.5 Å². The van der Waals surface area contributed by atoms with Crippen molar-refractivity contribution in [2.45, 2.75) is 38.0 Å². The van der Waals surface area contributed by atoms with Crippen molar-refractivity contribution in [3.63, 3.8) is 0 Å². The fourth-order valence-electron chi connectivity index (χ4n) is 2.80. The number of nitrogens with zero attached hydrogens (tertiary/aromatic N) is 2. The Hall–Kier alpha value is -1.40. The third-order valence-corrected chi connectivity index (χ3v) is 3.86. The zero-order chi connectivity index (χ0) is 13.2. The maximum absolute atomic E-state index is 6.16. The van der Waals surface area contributed by atoms with Gasteiger partial charge in [0.2, 0.25) is 5.88 Å². The van der Waals surface area contributed by atoms with E-state index in [2.05, 4.69) is 22.2 Å². The van der Waals surface area contributed by atoms with Gasteiger partial charge in [0, 0.05) is 24.6 Å². The van der Waals surface area contributed by atoms with Crippen LogP contribution in [0.5, 0.6) is 5.88 Å². The first-order valence-corrected chi connectivity index (χ1v) is 6.88. The highest BCUT2D eigenvalue weighted by Crippen LogP contribution is 2.39. The SMILES string of the molecule is CCCOc1cc(NC2C(N)C3CCOC32)ncn1. The summed E-state index contributed by atoms with van der Waals surface area (Å²) < 4.78 is 11.2. The van der Waals surface area contributed by atoms with E-state index in [-0.39, 0.29) is 18.2 Å². The molecule has 4 atom stereocenters. The van der Waals surface area contributed by atoms with E-state index in [1.54, 1.807) is 0 Å². The molecule has 2 aliphatic rings. The molecule has 0 amide bonds. The standard InChI is InChI=1S/C13H20N4O2/c1-2-4-18-10-6-9(15-7-16-10)17-12-11(14)8-3-5-19-13(8)12/h6-8,11-13H,2-5,14H2,1H3,(H,15,16,17). The second-order valence-corrected chi connectivity index (χ2v) is 5.13. The lowest BCUT2D eigenvalue weighted by Crippen LogP contribution is -2.65. The molecule has 1 saturated carbocycles. The second-order valence-electron chi connectivity index (χ2n) is 5.13. The van der Waals surface area contributed by atoms with Crippen molar-refractivity contribution in [1.29, 1.82) is 0 Å². The molecule has 104 valence electrons. The van der Waals surface area contributed by atoms with Gasteiger partial charge in [-0.25, -0.2) is 9.97 Å². The fourth-order valence-corrected chi connectivity index (χ4v) is 2.80. The molecule has 0 radical (unpaired) electrons. The van der Waals surface area contributed by atoms with Crippen molar-refractivity contribution in [3.8, 4) is 5.88 Å². The van der Waals surface area contributed by atoms with Gasteiger partial charge in [-0.05, 0) is 12.8 Å². The molecule has 1 aromatic rings. The van der Waals surface area contributed by atoms with E-state index >= 15 is 0 Å². The minimum absolute atomic E-state index is 0.140. The van der Waals surface area contributed by atoms with Gasteiger partial charge in [-0.1, -0.05) is 6.92 Å². The third kappa shape index (κ3) is 2.37. The molecule has 19 heavy (non-hydrogen) atoms. The number of nitrogens with one attached hydrogen (secondary N) is 1. The lowest BCUT2D eigenvalue weighted by Gasteiger charge is -2.45. The van der Waals surface area contributed by atoms with Crippen LogP contribution < -0.4 is 15.8 Å². The number of aromatic nitrogens is 2. The molecule has 1 saturated heterocycles. The Morgan fingerprint density at radius 1 is 1.53 bits per heavy atom. The molecule has 1 aliphatic heterocycles. The van der Waals surface area contributed by atoms with Crippen LogP contribution in [0.15, 0.2) is 12.4 Å². The van der Waals surface area contributed by atoms with Gasteiger partial charge in [-0.2, -0.15) is 0 Å². The van der Waals surface area contributed by atoms with Crippen LogP contribution in [0.4, 0.5) is 5.82 Å². The van der Waals surface area contributed by atoms with Crippen molar-refractivity contribution in [2.75, 3.05) is 18.5 Å². The van der Waals surface area contributed by atoms with Crippen molar-refractivity contribution < 1.29 is 9.47 Å². The lowest BCUT2D eigenvalue weighted by atomic mass is 9.72. The summed E-state index contributed by atoms with van der Waals surface area (Å²) in [6, 6.07) is 2.09. The van der Waals surface area contributed by atoms with Gasteiger partial charge in [-0.3, -0.25) is 0 Å². The quantitative estimate of drug-likeness (QED) is 0.818. The predicted molar refractivity (Wildman–Crippen MR) is 71.1 cm³/mol. The van der Waals surface area contributed by atoms with Crippen LogP contribution >= 0.6 is 0 Å². The summed E-state index contributed by atoms with van der Waals surface area (Å²) in [5, 5.41) is 3.34. The maximum Gasteiger partial charge on any atom is 0.218 e. The van der Waals surface area contributed by atoms with E-state index in [4.69, 9.17) is 15.2 Å². The molecule has 0 aromatic carbocycles. The molecule has 0 bridgehead atoms. The van der Waals surface area contributed by atoms with Gasteiger partial charge in [-0.15, -0.1) is 0 Å². The minimum Gasteiger partial charge on any atom is -0.478 e. The van der Waals surface area contributed by atoms with Crippen LogP contribution in [-0.4, -0.2) is 41.4 Å². The Morgan fingerprint density at radius 3 is 3.26 bits per heavy atom. The number of rotatable bonds is 5. The molecule has 6 heteroatoms. The average molecular weight is 264 g/mol. The summed E-state index contributed by atoms with van der Waals surface area (Å²) in [4.78, 5) is 8.28. The number of ether oxygens (including phenoxy) is 2. The first-order chi connectivity index (χ1) is 9.29. The maximum atomic E-state index is 6.16. The molecule has 3 rings (SSSR count). The first kappa shape index (κ1) is 12.6. The molecular weight excluding hydrogens is 244 g/mol. The van der Waals surface area contributed by atoms with Crippen LogP contribution in [0.2, 0.25) is 0 Å². The van der Waals surface area contributed by atoms with Gasteiger partial charge in [0.25, 0.3) is 0 Å². The molecule has 3 N–H and O–H groups in total.